The van der Waals surface area contributed by atoms with Crippen LogP contribution < -0.4 is 5.32 Å². The molecule has 1 saturated heterocycles. The average molecular weight is 251 g/mol. The summed E-state index contributed by atoms with van der Waals surface area (Å²) in [4.78, 5) is 36.9. The summed E-state index contributed by atoms with van der Waals surface area (Å²) in [5.41, 5.74) is 0. The number of furan rings is 1. The van der Waals surface area contributed by atoms with Gasteiger partial charge in [0.15, 0.2) is 5.76 Å². The van der Waals surface area contributed by atoms with Crippen LogP contribution in [-0.4, -0.2) is 54.3 Å². The second-order valence-corrected chi connectivity index (χ2v) is 3.87. The smallest absolute Gasteiger partial charge is 0.324 e. The van der Waals surface area contributed by atoms with Crippen LogP contribution in [0.4, 0.5) is 4.79 Å². The Morgan fingerprint density at radius 2 is 2.00 bits per heavy atom. The highest BCUT2D eigenvalue weighted by Gasteiger charge is 2.22. The van der Waals surface area contributed by atoms with E-state index in [2.05, 4.69) is 5.32 Å². The van der Waals surface area contributed by atoms with Gasteiger partial charge in [-0.1, -0.05) is 0 Å². The van der Waals surface area contributed by atoms with E-state index in [1.807, 2.05) is 0 Å². The molecule has 1 aliphatic heterocycles. The minimum absolute atomic E-state index is 0.0925. The van der Waals surface area contributed by atoms with E-state index < -0.39 is 11.9 Å². The first-order chi connectivity index (χ1) is 8.70. The van der Waals surface area contributed by atoms with Gasteiger partial charge in [0.2, 0.25) is 6.41 Å². The molecule has 0 radical (unpaired) electrons. The molecule has 4 amide bonds. The number of carbonyl (C=O) groups is 3. The van der Waals surface area contributed by atoms with E-state index >= 15 is 0 Å². The first-order valence-electron chi connectivity index (χ1n) is 5.54. The third-order valence-electron chi connectivity index (χ3n) is 2.72. The quantitative estimate of drug-likeness (QED) is 0.744. The Morgan fingerprint density at radius 3 is 2.56 bits per heavy atom. The Kier molecular flexibility index (Phi) is 3.61. The molecular weight excluding hydrogens is 238 g/mol. The van der Waals surface area contributed by atoms with Gasteiger partial charge in [0.1, 0.15) is 0 Å². The lowest BCUT2D eigenvalue weighted by Crippen LogP contribution is -2.52. The van der Waals surface area contributed by atoms with Crippen LogP contribution in [0.5, 0.6) is 0 Å². The Balaban J connectivity index is 1.85. The van der Waals surface area contributed by atoms with Crippen molar-refractivity contribution in [2.24, 2.45) is 0 Å². The van der Waals surface area contributed by atoms with Crippen LogP contribution in [0.3, 0.4) is 0 Å². The van der Waals surface area contributed by atoms with Crippen LogP contribution in [0, 0.1) is 0 Å². The van der Waals surface area contributed by atoms with Crippen LogP contribution in [0.2, 0.25) is 0 Å². The van der Waals surface area contributed by atoms with Crippen molar-refractivity contribution in [1.82, 2.24) is 15.1 Å². The van der Waals surface area contributed by atoms with Crippen LogP contribution in [0.1, 0.15) is 10.6 Å². The maximum absolute atomic E-state index is 11.7. The summed E-state index contributed by atoms with van der Waals surface area (Å²) in [7, 11) is 0. The van der Waals surface area contributed by atoms with Crippen molar-refractivity contribution in [2.45, 2.75) is 0 Å². The molecule has 0 atom stereocenters. The van der Waals surface area contributed by atoms with Crippen LogP contribution >= 0.6 is 0 Å². The van der Waals surface area contributed by atoms with Crippen molar-refractivity contribution in [2.75, 3.05) is 26.2 Å². The van der Waals surface area contributed by atoms with Crippen molar-refractivity contribution in [3.8, 4) is 0 Å². The summed E-state index contributed by atoms with van der Waals surface area (Å²) in [6.07, 6.45) is 2.12. The Bertz CT molecular complexity index is 435. The fourth-order valence-corrected chi connectivity index (χ4v) is 1.68. The van der Waals surface area contributed by atoms with Gasteiger partial charge in [-0.05, 0) is 12.1 Å². The second-order valence-electron chi connectivity index (χ2n) is 3.87. The number of nitrogens with one attached hydrogen (secondary N) is 1. The summed E-state index contributed by atoms with van der Waals surface area (Å²) in [5, 5.41) is 2.23. The monoisotopic (exact) mass is 251 g/mol. The second kappa shape index (κ2) is 5.35. The van der Waals surface area contributed by atoms with Gasteiger partial charge >= 0.3 is 6.03 Å². The molecule has 2 heterocycles. The minimum atomic E-state index is -0.567. The number of piperazine rings is 1. The lowest BCUT2D eigenvalue weighted by atomic mass is 10.3. The minimum Gasteiger partial charge on any atom is -0.459 e. The Hall–Kier alpha value is -2.31. The summed E-state index contributed by atoms with van der Waals surface area (Å²) in [5.74, 6) is -0.474. The molecule has 0 spiro atoms. The highest BCUT2D eigenvalue weighted by molar-refractivity contribution is 6.02. The molecular formula is C11H13N3O4. The lowest BCUT2D eigenvalue weighted by molar-refractivity contribution is -0.119. The SMILES string of the molecule is O=CN1CCN(C(=O)NC(=O)c2ccco2)CC1. The fraction of sp³-hybridized carbons (Fsp3) is 0.364. The average Bonchev–Trinajstić information content (AvgIpc) is 2.92. The zero-order chi connectivity index (χ0) is 13.0. The molecule has 1 fully saturated rings. The molecule has 18 heavy (non-hydrogen) atoms. The predicted octanol–water partition coefficient (Wildman–Crippen LogP) is -0.0966. The largest absolute Gasteiger partial charge is 0.459 e. The van der Waals surface area contributed by atoms with Crippen molar-refractivity contribution in [3.63, 3.8) is 0 Å². The van der Waals surface area contributed by atoms with E-state index in [1.165, 1.54) is 17.2 Å². The number of nitrogens with zero attached hydrogens (tertiary/aromatic N) is 2. The van der Waals surface area contributed by atoms with Crippen LogP contribution in [0.15, 0.2) is 22.8 Å². The molecule has 0 aromatic carbocycles. The van der Waals surface area contributed by atoms with Crippen molar-refractivity contribution < 1.29 is 18.8 Å². The highest BCUT2D eigenvalue weighted by atomic mass is 16.3. The zero-order valence-electron chi connectivity index (χ0n) is 9.67. The standard InChI is InChI=1S/C11H13N3O4/c15-8-13-3-5-14(6-4-13)11(17)12-10(16)9-2-1-7-18-9/h1-2,7-8H,3-6H2,(H,12,16,17). The molecule has 96 valence electrons. The van der Waals surface area contributed by atoms with Crippen LogP contribution in [0.25, 0.3) is 0 Å². The zero-order valence-corrected chi connectivity index (χ0v) is 9.67. The van der Waals surface area contributed by atoms with Gasteiger partial charge in [-0.2, -0.15) is 0 Å². The van der Waals surface area contributed by atoms with Gasteiger partial charge < -0.3 is 14.2 Å². The number of hydrogen-bond acceptors (Lipinski definition) is 4. The summed E-state index contributed by atoms with van der Waals surface area (Å²) in [6, 6.07) is 2.58. The number of amides is 4. The molecule has 1 N–H and O–H groups in total. The van der Waals surface area contributed by atoms with Gasteiger partial charge in [0.25, 0.3) is 5.91 Å². The van der Waals surface area contributed by atoms with E-state index in [1.54, 1.807) is 11.0 Å². The molecule has 1 aliphatic rings. The molecule has 0 bridgehead atoms. The first kappa shape index (κ1) is 12.2. The highest BCUT2D eigenvalue weighted by Crippen LogP contribution is 2.02. The molecule has 2 rings (SSSR count). The summed E-state index contributed by atoms with van der Waals surface area (Å²) < 4.78 is 4.88. The predicted molar refractivity (Wildman–Crippen MR) is 60.8 cm³/mol. The number of urea groups is 1. The molecule has 0 saturated carbocycles. The Labute approximate surface area is 103 Å². The Morgan fingerprint density at radius 1 is 1.28 bits per heavy atom. The van der Waals surface area contributed by atoms with Crippen molar-refractivity contribution in [3.05, 3.63) is 24.2 Å². The number of hydrogen-bond donors (Lipinski definition) is 1. The van der Waals surface area contributed by atoms with E-state index in [4.69, 9.17) is 4.42 Å². The normalized spacial score (nSPS) is 15.3. The molecule has 0 unspecified atom stereocenters. The van der Waals surface area contributed by atoms with Crippen molar-refractivity contribution in [1.29, 1.82) is 0 Å². The van der Waals surface area contributed by atoms with E-state index in [0.29, 0.717) is 26.2 Å². The topological polar surface area (TPSA) is 82.9 Å². The number of imide groups is 1. The van der Waals surface area contributed by atoms with Crippen LogP contribution in [-0.2, 0) is 4.79 Å². The summed E-state index contributed by atoms with van der Waals surface area (Å²) in [6.45, 7) is 1.78. The molecule has 0 aliphatic carbocycles. The lowest BCUT2D eigenvalue weighted by Gasteiger charge is -2.32. The molecule has 1 aromatic rings. The van der Waals surface area contributed by atoms with Gasteiger partial charge in [-0.25, -0.2) is 4.79 Å². The van der Waals surface area contributed by atoms with Gasteiger partial charge in [-0.15, -0.1) is 0 Å². The van der Waals surface area contributed by atoms with Gasteiger partial charge in [0.05, 0.1) is 6.26 Å². The van der Waals surface area contributed by atoms with Gasteiger partial charge in [-0.3, -0.25) is 14.9 Å². The third-order valence-corrected chi connectivity index (χ3v) is 2.72. The molecule has 7 nitrogen and oxygen atoms in total. The maximum atomic E-state index is 11.7. The summed E-state index contributed by atoms with van der Waals surface area (Å²) >= 11 is 0. The van der Waals surface area contributed by atoms with Gasteiger partial charge in [0, 0.05) is 26.2 Å². The van der Waals surface area contributed by atoms with E-state index in [0.717, 1.165) is 6.41 Å². The maximum Gasteiger partial charge on any atom is 0.324 e. The van der Waals surface area contributed by atoms with E-state index in [9.17, 15) is 14.4 Å². The van der Waals surface area contributed by atoms with E-state index in [-0.39, 0.29) is 5.76 Å². The fourth-order valence-electron chi connectivity index (χ4n) is 1.68. The number of carbonyl (C=O) groups excluding carboxylic acids is 3. The first-order valence-corrected chi connectivity index (χ1v) is 5.54. The van der Waals surface area contributed by atoms with Crippen molar-refractivity contribution >= 4 is 18.3 Å². The third kappa shape index (κ3) is 2.68. The molecule has 1 aromatic heterocycles. The number of rotatable bonds is 2. The molecule has 7 heteroatoms.